The summed E-state index contributed by atoms with van der Waals surface area (Å²) in [5.74, 6) is 1.80. The van der Waals surface area contributed by atoms with Crippen molar-refractivity contribution >= 4 is 28.7 Å². The molecule has 0 radical (unpaired) electrons. The van der Waals surface area contributed by atoms with Crippen molar-refractivity contribution in [2.24, 2.45) is 0 Å². The second-order valence-electron chi connectivity index (χ2n) is 5.75. The summed E-state index contributed by atoms with van der Waals surface area (Å²) >= 11 is 2.01. The molecule has 0 spiro atoms. The summed E-state index contributed by atoms with van der Waals surface area (Å²) < 4.78 is 10.5. The molecular formula is C19H22O3S. The molecule has 1 fully saturated rings. The first-order chi connectivity index (χ1) is 11.3. The topological polar surface area (TPSA) is 35.5 Å². The van der Waals surface area contributed by atoms with E-state index in [0.717, 1.165) is 18.2 Å². The van der Waals surface area contributed by atoms with Gasteiger partial charge >= 0.3 is 6.16 Å². The van der Waals surface area contributed by atoms with Crippen LogP contribution in [-0.2, 0) is 4.74 Å². The average Bonchev–Trinajstić information content (AvgIpc) is 3.10. The maximum absolute atomic E-state index is 11.8. The summed E-state index contributed by atoms with van der Waals surface area (Å²) in [4.78, 5) is 11.8. The van der Waals surface area contributed by atoms with Gasteiger partial charge in [0, 0.05) is 10.6 Å². The van der Waals surface area contributed by atoms with Crippen LogP contribution < -0.4 is 4.74 Å². The second-order valence-corrected chi connectivity index (χ2v) is 7.06. The Balaban J connectivity index is 1.84. The molecule has 3 nitrogen and oxygen atoms in total. The SMILES string of the molecule is CCCCOC(=O)Oc1ccc(C2CCCS2)c2ccccc12. The van der Waals surface area contributed by atoms with E-state index in [-0.39, 0.29) is 0 Å². The number of fused-ring (bicyclic) bond motifs is 1. The number of hydrogen-bond acceptors (Lipinski definition) is 4. The lowest BCUT2D eigenvalue weighted by Gasteiger charge is -2.15. The Morgan fingerprint density at radius 2 is 2.04 bits per heavy atom. The van der Waals surface area contributed by atoms with Gasteiger partial charge in [-0.05, 0) is 42.0 Å². The van der Waals surface area contributed by atoms with E-state index in [9.17, 15) is 4.79 Å². The van der Waals surface area contributed by atoms with Gasteiger partial charge in [0.1, 0.15) is 5.75 Å². The Bertz CT molecular complexity index is 677. The zero-order chi connectivity index (χ0) is 16.1. The maximum atomic E-state index is 11.8. The Labute approximate surface area is 141 Å². The van der Waals surface area contributed by atoms with Crippen LogP contribution in [0, 0.1) is 0 Å². The molecular weight excluding hydrogens is 308 g/mol. The van der Waals surface area contributed by atoms with Crippen LogP contribution in [0.1, 0.15) is 43.4 Å². The lowest BCUT2D eigenvalue weighted by atomic mass is 9.99. The van der Waals surface area contributed by atoms with Gasteiger partial charge in [0.05, 0.1) is 6.61 Å². The Hall–Kier alpha value is -1.68. The standard InChI is InChI=1S/C19H22O3S/c1-2-3-12-21-19(20)22-17-11-10-16(18-9-6-13-23-18)14-7-4-5-8-15(14)17/h4-5,7-8,10-11,18H,2-3,6,9,12-13H2,1H3. The molecule has 0 amide bonds. The van der Waals surface area contributed by atoms with E-state index in [1.54, 1.807) is 0 Å². The van der Waals surface area contributed by atoms with Gasteiger partial charge in [0.2, 0.25) is 0 Å². The molecule has 1 atom stereocenters. The van der Waals surface area contributed by atoms with Crippen LogP contribution in [0.5, 0.6) is 5.75 Å². The predicted octanol–water partition coefficient (Wildman–Crippen LogP) is 5.72. The molecule has 0 saturated carbocycles. The summed E-state index contributed by atoms with van der Waals surface area (Å²) in [6.07, 6.45) is 3.71. The third-order valence-electron chi connectivity index (χ3n) is 4.11. The van der Waals surface area contributed by atoms with E-state index in [0.29, 0.717) is 17.6 Å². The van der Waals surface area contributed by atoms with Crippen LogP contribution in [0.15, 0.2) is 36.4 Å². The van der Waals surface area contributed by atoms with Crippen molar-refractivity contribution in [1.82, 2.24) is 0 Å². The lowest BCUT2D eigenvalue weighted by molar-refractivity contribution is 0.0983. The Kier molecular flexibility index (Phi) is 5.44. The van der Waals surface area contributed by atoms with Crippen molar-refractivity contribution in [2.45, 2.75) is 37.9 Å². The van der Waals surface area contributed by atoms with E-state index >= 15 is 0 Å². The quantitative estimate of drug-likeness (QED) is 0.399. The summed E-state index contributed by atoms with van der Waals surface area (Å²) in [5, 5.41) is 2.70. The number of rotatable bonds is 5. The highest BCUT2D eigenvalue weighted by Gasteiger charge is 2.21. The zero-order valence-electron chi connectivity index (χ0n) is 13.4. The van der Waals surface area contributed by atoms with Gasteiger partial charge < -0.3 is 9.47 Å². The van der Waals surface area contributed by atoms with E-state index in [2.05, 4.69) is 19.1 Å². The first-order valence-electron chi connectivity index (χ1n) is 8.27. The fourth-order valence-electron chi connectivity index (χ4n) is 2.91. The smallest absolute Gasteiger partial charge is 0.434 e. The Morgan fingerprint density at radius 3 is 2.78 bits per heavy atom. The van der Waals surface area contributed by atoms with Gasteiger partial charge in [0.15, 0.2) is 0 Å². The summed E-state index contributed by atoms with van der Waals surface area (Å²) in [6, 6.07) is 12.1. The largest absolute Gasteiger partial charge is 0.513 e. The monoisotopic (exact) mass is 330 g/mol. The normalized spacial score (nSPS) is 17.3. The third kappa shape index (κ3) is 3.81. The summed E-state index contributed by atoms with van der Waals surface area (Å²) in [5.41, 5.74) is 1.34. The molecule has 2 aromatic carbocycles. The molecule has 1 saturated heterocycles. The molecule has 0 bridgehead atoms. The molecule has 3 rings (SSSR count). The van der Waals surface area contributed by atoms with Crippen molar-refractivity contribution in [2.75, 3.05) is 12.4 Å². The number of carbonyl (C=O) groups excluding carboxylic acids is 1. The minimum atomic E-state index is -0.619. The van der Waals surface area contributed by atoms with Crippen LogP contribution >= 0.6 is 11.8 Å². The molecule has 2 aromatic rings. The molecule has 122 valence electrons. The Morgan fingerprint density at radius 1 is 1.22 bits per heavy atom. The van der Waals surface area contributed by atoms with Crippen LogP contribution in [0.4, 0.5) is 4.79 Å². The first-order valence-corrected chi connectivity index (χ1v) is 9.32. The van der Waals surface area contributed by atoms with Crippen LogP contribution in [0.25, 0.3) is 10.8 Å². The van der Waals surface area contributed by atoms with Crippen LogP contribution in [0.2, 0.25) is 0 Å². The van der Waals surface area contributed by atoms with Crippen LogP contribution in [-0.4, -0.2) is 18.5 Å². The minimum Gasteiger partial charge on any atom is -0.434 e. The van der Waals surface area contributed by atoms with E-state index in [1.165, 1.54) is 29.5 Å². The maximum Gasteiger partial charge on any atom is 0.513 e. The van der Waals surface area contributed by atoms with Gasteiger partial charge in [-0.3, -0.25) is 0 Å². The number of ether oxygens (including phenoxy) is 2. The molecule has 1 unspecified atom stereocenters. The highest BCUT2D eigenvalue weighted by Crippen LogP contribution is 2.44. The number of carbonyl (C=O) groups is 1. The highest BCUT2D eigenvalue weighted by molar-refractivity contribution is 7.99. The van der Waals surface area contributed by atoms with Gasteiger partial charge in [-0.15, -0.1) is 0 Å². The zero-order valence-corrected chi connectivity index (χ0v) is 14.2. The molecule has 1 heterocycles. The number of benzene rings is 2. The molecule has 4 heteroatoms. The lowest BCUT2D eigenvalue weighted by Crippen LogP contribution is -2.11. The molecule has 0 aliphatic carbocycles. The molecule has 23 heavy (non-hydrogen) atoms. The number of thioether (sulfide) groups is 1. The molecule has 1 aliphatic rings. The minimum absolute atomic E-state index is 0.407. The van der Waals surface area contributed by atoms with Crippen molar-refractivity contribution in [3.8, 4) is 5.75 Å². The van der Waals surface area contributed by atoms with Crippen molar-refractivity contribution in [1.29, 1.82) is 0 Å². The molecule has 0 aromatic heterocycles. The van der Waals surface area contributed by atoms with E-state index in [1.807, 2.05) is 36.0 Å². The van der Waals surface area contributed by atoms with Gasteiger partial charge in [-0.2, -0.15) is 11.8 Å². The van der Waals surface area contributed by atoms with Crippen molar-refractivity contribution < 1.29 is 14.3 Å². The van der Waals surface area contributed by atoms with Crippen LogP contribution in [0.3, 0.4) is 0 Å². The molecule has 1 aliphatic heterocycles. The summed E-state index contributed by atoms with van der Waals surface area (Å²) in [7, 11) is 0. The van der Waals surface area contributed by atoms with Gasteiger partial charge in [0.25, 0.3) is 0 Å². The van der Waals surface area contributed by atoms with Crippen molar-refractivity contribution in [3.05, 3.63) is 42.0 Å². The van der Waals surface area contributed by atoms with Gasteiger partial charge in [-0.1, -0.05) is 43.7 Å². The average molecular weight is 330 g/mol. The first kappa shape index (κ1) is 16.2. The number of unbranched alkanes of at least 4 members (excludes halogenated alkanes) is 1. The fourth-order valence-corrected chi connectivity index (χ4v) is 4.24. The fraction of sp³-hybridized carbons (Fsp3) is 0.421. The summed E-state index contributed by atoms with van der Waals surface area (Å²) in [6.45, 7) is 2.46. The van der Waals surface area contributed by atoms with E-state index in [4.69, 9.17) is 9.47 Å². The second kappa shape index (κ2) is 7.73. The molecule has 0 N–H and O–H groups in total. The predicted molar refractivity (Wildman–Crippen MR) is 95.3 cm³/mol. The number of hydrogen-bond donors (Lipinski definition) is 0. The van der Waals surface area contributed by atoms with E-state index < -0.39 is 6.16 Å². The van der Waals surface area contributed by atoms with Gasteiger partial charge in [-0.25, -0.2) is 4.79 Å². The highest BCUT2D eigenvalue weighted by atomic mass is 32.2. The van der Waals surface area contributed by atoms with Crippen molar-refractivity contribution in [3.63, 3.8) is 0 Å². The third-order valence-corrected chi connectivity index (χ3v) is 5.52.